The highest BCUT2D eigenvalue weighted by atomic mass is 35.7. The van der Waals surface area contributed by atoms with Crippen LogP contribution in [0.2, 0.25) is 0 Å². The van der Waals surface area contributed by atoms with Gasteiger partial charge in [0.15, 0.2) is 0 Å². The van der Waals surface area contributed by atoms with Gasteiger partial charge in [-0.05, 0) is 0 Å². The van der Waals surface area contributed by atoms with Crippen molar-refractivity contribution in [3.05, 3.63) is 24.3 Å². The number of nitrogens with zero attached hydrogens (tertiary/aromatic N) is 1. The Morgan fingerprint density at radius 2 is 2.25 bits per heavy atom. The second-order valence-electron chi connectivity index (χ2n) is 3.46. The van der Waals surface area contributed by atoms with Crippen molar-refractivity contribution in [3.8, 4) is 5.75 Å². The monoisotopic (exact) mass is 267 g/mol. The third-order valence-electron chi connectivity index (χ3n) is 1.70. The van der Waals surface area contributed by atoms with E-state index in [4.69, 9.17) is 15.4 Å². The van der Waals surface area contributed by atoms with Gasteiger partial charge in [-0.25, -0.2) is 12.8 Å². The first-order valence-electron chi connectivity index (χ1n) is 4.52. The van der Waals surface area contributed by atoms with Crippen LogP contribution >= 0.6 is 10.7 Å². The summed E-state index contributed by atoms with van der Waals surface area (Å²) >= 11 is 0. The topological polar surface area (TPSA) is 56.3 Å². The summed E-state index contributed by atoms with van der Waals surface area (Å²) in [5.74, 6) is -0.697. The molecule has 7 heteroatoms. The maximum Gasteiger partial charge on any atom is 0.232 e. The minimum atomic E-state index is -3.53. The Kier molecular flexibility index (Phi) is 4.49. The minimum absolute atomic E-state index is 0.136. The van der Waals surface area contributed by atoms with Crippen LogP contribution in [0.3, 0.4) is 0 Å². The summed E-state index contributed by atoms with van der Waals surface area (Å²) in [6.45, 7) is 1.81. The number of hydrogen-bond acceptors (Lipinski definition) is 4. The van der Waals surface area contributed by atoms with Crippen molar-refractivity contribution in [2.45, 2.75) is 6.92 Å². The molecule has 0 aliphatic heterocycles. The third kappa shape index (κ3) is 5.27. The summed E-state index contributed by atoms with van der Waals surface area (Å²) in [7, 11) is 1.55. The highest BCUT2D eigenvalue weighted by Crippen LogP contribution is 2.12. The molecule has 0 radical (unpaired) electrons. The molecule has 1 aromatic heterocycles. The van der Waals surface area contributed by atoms with Gasteiger partial charge in [-0.1, -0.05) is 6.92 Å². The molecule has 1 atom stereocenters. The van der Waals surface area contributed by atoms with Crippen molar-refractivity contribution in [3.63, 3.8) is 0 Å². The van der Waals surface area contributed by atoms with E-state index in [0.29, 0.717) is 0 Å². The molecule has 16 heavy (non-hydrogen) atoms. The van der Waals surface area contributed by atoms with Gasteiger partial charge in [0.1, 0.15) is 11.6 Å². The molecule has 0 spiro atoms. The van der Waals surface area contributed by atoms with E-state index in [-0.39, 0.29) is 24.0 Å². The molecule has 4 nitrogen and oxygen atoms in total. The van der Waals surface area contributed by atoms with Crippen molar-refractivity contribution < 1.29 is 17.5 Å². The maximum atomic E-state index is 12.7. The first-order valence-corrected chi connectivity index (χ1v) is 7.00. The zero-order valence-electron chi connectivity index (χ0n) is 8.56. The lowest BCUT2D eigenvalue weighted by atomic mass is 10.2. The van der Waals surface area contributed by atoms with Crippen molar-refractivity contribution in [1.82, 2.24) is 4.98 Å². The van der Waals surface area contributed by atoms with Crippen LogP contribution in [0.4, 0.5) is 4.39 Å². The van der Waals surface area contributed by atoms with E-state index in [1.54, 1.807) is 6.92 Å². The molecule has 1 rings (SSSR count). The molecule has 1 aromatic rings. The molecule has 0 saturated heterocycles. The Bertz CT molecular complexity index is 452. The number of rotatable bonds is 5. The molecule has 0 amide bonds. The van der Waals surface area contributed by atoms with Gasteiger partial charge >= 0.3 is 0 Å². The fraction of sp³-hybridized carbons (Fsp3) is 0.444. The molecule has 0 aliphatic rings. The predicted octanol–water partition coefficient (Wildman–Crippen LogP) is 1.80. The summed E-state index contributed by atoms with van der Waals surface area (Å²) in [6.07, 6.45) is 2.41. The smallest absolute Gasteiger partial charge is 0.232 e. The SMILES string of the molecule is CC(COc1cncc(F)c1)CS(=O)(=O)Cl. The molecular weight excluding hydrogens is 257 g/mol. The first-order chi connectivity index (χ1) is 7.37. The lowest BCUT2D eigenvalue weighted by molar-refractivity contribution is 0.270. The van der Waals surface area contributed by atoms with Crippen LogP contribution < -0.4 is 4.74 Å². The highest BCUT2D eigenvalue weighted by molar-refractivity contribution is 8.13. The molecular formula is C9H11ClFNO3S. The number of ether oxygens (including phenoxy) is 1. The van der Waals surface area contributed by atoms with Crippen LogP contribution in [0.15, 0.2) is 18.5 Å². The van der Waals surface area contributed by atoms with Gasteiger partial charge in [-0.15, -0.1) is 0 Å². The normalized spacial score (nSPS) is 13.4. The van der Waals surface area contributed by atoms with E-state index < -0.39 is 14.9 Å². The fourth-order valence-corrected chi connectivity index (χ4v) is 2.52. The van der Waals surface area contributed by atoms with Crippen molar-refractivity contribution in [1.29, 1.82) is 0 Å². The van der Waals surface area contributed by atoms with Crippen molar-refractivity contribution in [2.75, 3.05) is 12.4 Å². The second-order valence-corrected chi connectivity index (χ2v) is 6.28. The summed E-state index contributed by atoms with van der Waals surface area (Å²) in [6, 6.07) is 1.18. The number of aromatic nitrogens is 1. The fourth-order valence-electron chi connectivity index (χ4n) is 1.10. The first kappa shape index (κ1) is 13.2. The summed E-state index contributed by atoms with van der Waals surface area (Å²) in [5, 5.41) is 0. The zero-order chi connectivity index (χ0) is 12.2. The van der Waals surface area contributed by atoms with E-state index in [1.165, 1.54) is 12.3 Å². The van der Waals surface area contributed by atoms with E-state index in [9.17, 15) is 12.8 Å². The van der Waals surface area contributed by atoms with E-state index in [0.717, 1.165) is 6.20 Å². The standard InChI is InChI=1S/C9H11ClFNO3S/c1-7(6-16(10,13)14)5-15-9-2-8(11)3-12-4-9/h2-4,7H,5-6H2,1H3. The molecule has 0 saturated carbocycles. The molecule has 0 bridgehead atoms. The van der Waals surface area contributed by atoms with Gasteiger partial charge in [-0.2, -0.15) is 0 Å². The van der Waals surface area contributed by atoms with Crippen molar-refractivity contribution in [2.24, 2.45) is 5.92 Å². The Hall–Kier alpha value is -0.880. The predicted molar refractivity (Wildman–Crippen MR) is 58.5 cm³/mol. The molecule has 1 heterocycles. The Labute approximate surface area is 97.8 Å². The van der Waals surface area contributed by atoms with Crippen LogP contribution in [-0.4, -0.2) is 25.8 Å². The van der Waals surface area contributed by atoms with E-state index in [1.807, 2.05) is 0 Å². The Morgan fingerprint density at radius 3 is 2.81 bits per heavy atom. The largest absolute Gasteiger partial charge is 0.492 e. The molecule has 0 fully saturated rings. The Morgan fingerprint density at radius 1 is 1.56 bits per heavy atom. The summed E-state index contributed by atoms with van der Waals surface area (Å²) in [4.78, 5) is 3.59. The zero-order valence-corrected chi connectivity index (χ0v) is 10.1. The van der Waals surface area contributed by atoms with E-state index in [2.05, 4.69) is 4.98 Å². The molecule has 0 N–H and O–H groups in total. The van der Waals surface area contributed by atoms with Gasteiger partial charge in [0.05, 0.1) is 24.8 Å². The number of halogens is 2. The summed E-state index contributed by atoms with van der Waals surface area (Å²) in [5.41, 5.74) is 0. The molecule has 0 aliphatic carbocycles. The molecule has 1 unspecified atom stereocenters. The van der Waals surface area contributed by atoms with Gasteiger partial charge < -0.3 is 4.74 Å². The van der Waals surface area contributed by atoms with Crippen LogP contribution in [0.1, 0.15) is 6.92 Å². The van der Waals surface area contributed by atoms with Gasteiger partial charge in [-0.3, -0.25) is 4.98 Å². The van der Waals surface area contributed by atoms with Gasteiger partial charge in [0.25, 0.3) is 0 Å². The number of hydrogen-bond donors (Lipinski definition) is 0. The van der Waals surface area contributed by atoms with Crippen LogP contribution in [0, 0.1) is 11.7 Å². The molecule has 90 valence electrons. The lowest BCUT2D eigenvalue weighted by Gasteiger charge is -2.10. The average Bonchev–Trinajstić information content (AvgIpc) is 2.12. The minimum Gasteiger partial charge on any atom is -0.492 e. The highest BCUT2D eigenvalue weighted by Gasteiger charge is 2.13. The van der Waals surface area contributed by atoms with Crippen LogP contribution in [0.25, 0.3) is 0 Å². The van der Waals surface area contributed by atoms with E-state index >= 15 is 0 Å². The third-order valence-corrected chi connectivity index (χ3v) is 3.04. The van der Waals surface area contributed by atoms with Crippen LogP contribution in [0.5, 0.6) is 5.75 Å². The number of pyridine rings is 1. The summed E-state index contributed by atoms with van der Waals surface area (Å²) < 4.78 is 39.4. The van der Waals surface area contributed by atoms with Gasteiger partial charge in [0, 0.05) is 22.7 Å². The molecule has 0 aromatic carbocycles. The lowest BCUT2D eigenvalue weighted by Crippen LogP contribution is -2.16. The average molecular weight is 268 g/mol. The quantitative estimate of drug-likeness (QED) is 0.764. The van der Waals surface area contributed by atoms with Crippen molar-refractivity contribution >= 4 is 19.7 Å². The maximum absolute atomic E-state index is 12.7. The second kappa shape index (κ2) is 5.45. The van der Waals surface area contributed by atoms with Gasteiger partial charge in [0.2, 0.25) is 9.05 Å². The Balaban J connectivity index is 2.46. The van der Waals surface area contributed by atoms with Crippen LogP contribution in [-0.2, 0) is 9.05 Å².